The van der Waals surface area contributed by atoms with Crippen LogP contribution >= 0.6 is 0 Å². The summed E-state index contributed by atoms with van der Waals surface area (Å²) in [5.41, 5.74) is -0.0788. The molecule has 4 atom stereocenters. The summed E-state index contributed by atoms with van der Waals surface area (Å²) in [5.74, 6) is -0.168. The largest absolute Gasteiger partial charge is 0.493 e. The van der Waals surface area contributed by atoms with Crippen molar-refractivity contribution in [2.45, 2.75) is 38.9 Å². The van der Waals surface area contributed by atoms with Gasteiger partial charge in [0.2, 0.25) is 0 Å². The average Bonchev–Trinajstić information content (AvgIpc) is 2.56. The van der Waals surface area contributed by atoms with Crippen LogP contribution in [0, 0.1) is 11.8 Å². The molecule has 0 saturated carbocycles. The smallest absolute Gasteiger partial charge is 0.189 e. The highest BCUT2D eigenvalue weighted by atomic mass is 16.5. The molecule has 0 spiro atoms. The SMILES string of the molecule is CC[C@@H](/C=C(C)/C=C/C1=CC2=CC(=O)[C@](C)(O)[C@H](O)[C@H]2CO1)CO. The van der Waals surface area contributed by atoms with Crippen molar-refractivity contribution in [1.82, 2.24) is 0 Å². The van der Waals surface area contributed by atoms with E-state index in [2.05, 4.69) is 0 Å². The number of carbonyl (C=O) groups excluding carboxylic acids is 1. The Morgan fingerprint density at radius 1 is 1.50 bits per heavy atom. The van der Waals surface area contributed by atoms with E-state index in [1.54, 1.807) is 12.2 Å². The lowest BCUT2D eigenvalue weighted by molar-refractivity contribution is -0.150. The third-order valence-electron chi connectivity index (χ3n) is 4.69. The third kappa shape index (κ3) is 3.86. The van der Waals surface area contributed by atoms with Crippen molar-refractivity contribution in [3.8, 4) is 0 Å². The molecule has 132 valence electrons. The summed E-state index contributed by atoms with van der Waals surface area (Å²) in [6, 6.07) is 0. The van der Waals surface area contributed by atoms with Gasteiger partial charge in [0.15, 0.2) is 11.4 Å². The Labute approximate surface area is 142 Å². The molecule has 0 unspecified atom stereocenters. The van der Waals surface area contributed by atoms with Crippen molar-refractivity contribution >= 4 is 5.78 Å². The normalized spacial score (nSPS) is 32.1. The predicted molar refractivity (Wildman–Crippen MR) is 91.0 cm³/mol. The first kappa shape index (κ1) is 18.6. The molecule has 3 N–H and O–H groups in total. The van der Waals surface area contributed by atoms with Crippen molar-refractivity contribution in [1.29, 1.82) is 0 Å². The van der Waals surface area contributed by atoms with Crippen molar-refractivity contribution in [2.75, 3.05) is 13.2 Å². The number of aliphatic hydroxyl groups is 3. The van der Waals surface area contributed by atoms with Gasteiger partial charge in [-0.05, 0) is 44.1 Å². The zero-order valence-corrected chi connectivity index (χ0v) is 14.4. The zero-order chi connectivity index (χ0) is 17.9. The van der Waals surface area contributed by atoms with Crippen LogP contribution < -0.4 is 0 Å². The summed E-state index contributed by atoms with van der Waals surface area (Å²) >= 11 is 0. The van der Waals surface area contributed by atoms with Crippen LogP contribution in [0.3, 0.4) is 0 Å². The standard InChI is InChI=1S/C19H26O5/c1-4-13(10-20)7-12(2)5-6-15-8-14-9-17(21)19(3,23)18(22)16(14)11-24-15/h5-9,13,16,18,20,22-23H,4,10-11H2,1-3H3/b6-5+,12-7+/t13-,16-,18+,19-/m0/s1. The van der Waals surface area contributed by atoms with Crippen LogP contribution in [0.15, 0.2) is 47.3 Å². The molecule has 0 saturated heterocycles. The number of hydrogen-bond acceptors (Lipinski definition) is 5. The van der Waals surface area contributed by atoms with Crippen LogP contribution in [0.4, 0.5) is 0 Å². The maximum Gasteiger partial charge on any atom is 0.189 e. The van der Waals surface area contributed by atoms with Crippen molar-refractivity contribution in [3.63, 3.8) is 0 Å². The van der Waals surface area contributed by atoms with Gasteiger partial charge in [-0.1, -0.05) is 24.6 Å². The molecule has 0 amide bonds. The second-order valence-corrected chi connectivity index (χ2v) is 6.66. The molecular weight excluding hydrogens is 308 g/mol. The van der Waals surface area contributed by atoms with Gasteiger partial charge >= 0.3 is 0 Å². The van der Waals surface area contributed by atoms with Crippen molar-refractivity contribution < 1.29 is 24.9 Å². The third-order valence-corrected chi connectivity index (χ3v) is 4.69. The van der Waals surface area contributed by atoms with E-state index < -0.39 is 23.4 Å². The number of carbonyl (C=O) groups is 1. The van der Waals surface area contributed by atoms with E-state index in [0.717, 1.165) is 12.0 Å². The minimum absolute atomic E-state index is 0.120. The van der Waals surface area contributed by atoms with Crippen LogP contribution in [-0.4, -0.2) is 46.0 Å². The lowest BCUT2D eigenvalue weighted by atomic mass is 9.75. The molecule has 0 fully saturated rings. The molecule has 5 heteroatoms. The van der Waals surface area contributed by atoms with Crippen LogP contribution in [0.25, 0.3) is 0 Å². The number of allylic oxidation sites excluding steroid dienone is 4. The Bertz CT molecular complexity index is 605. The van der Waals surface area contributed by atoms with E-state index in [4.69, 9.17) is 4.74 Å². The van der Waals surface area contributed by atoms with Crippen LogP contribution in [0.5, 0.6) is 0 Å². The molecule has 0 radical (unpaired) electrons. The highest BCUT2D eigenvalue weighted by Crippen LogP contribution is 2.35. The van der Waals surface area contributed by atoms with Gasteiger partial charge in [-0.25, -0.2) is 0 Å². The molecule has 0 bridgehead atoms. The summed E-state index contributed by atoms with van der Waals surface area (Å²) < 4.78 is 5.63. The molecule has 0 aromatic heterocycles. The second-order valence-electron chi connectivity index (χ2n) is 6.66. The molecule has 1 aliphatic carbocycles. The maximum atomic E-state index is 11.9. The Kier molecular flexibility index (Phi) is 5.80. The minimum atomic E-state index is -1.77. The lowest BCUT2D eigenvalue weighted by Crippen LogP contribution is -2.54. The molecule has 1 aliphatic heterocycles. The van der Waals surface area contributed by atoms with E-state index in [0.29, 0.717) is 11.3 Å². The van der Waals surface area contributed by atoms with Gasteiger partial charge in [-0.2, -0.15) is 0 Å². The molecule has 5 nitrogen and oxygen atoms in total. The number of fused-ring (bicyclic) bond motifs is 1. The quantitative estimate of drug-likeness (QED) is 0.666. The van der Waals surface area contributed by atoms with Gasteiger partial charge in [-0.15, -0.1) is 0 Å². The number of ketones is 1. The number of aliphatic hydroxyl groups excluding tert-OH is 2. The summed E-state index contributed by atoms with van der Waals surface area (Å²) in [7, 11) is 0. The maximum absolute atomic E-state index is 11.9. The van der Waals surface area contributed by atoms with Crippen LogP contribution in [0.2, 0.25) is 0 Å². The fraction of sp³-hybridized carbons (Fsp3) is 0.526. The van der Waals surface area contributed by atoms with Gasteiger partial charge in [0.25, 0.3) is 0 Å². The summed E-state index contributed by atoms with van der Waals surface area (Å²) in [6.07, 6.45) is 8.50. The Morgan fingerprint density at radius 2 is 2.21 bits per heavy atom. The van der Waals surface area contributed by atoms with Gasteiger partial charge in [-0.3, -0.25) is 4.79 Å². The molecular formula is C19H26O5. The summed E-state index contributed by atoms with van der Waals surface area (Å²) in [6.45, 7) is 5.63. The Balaban J connectivity index is 2.17. The second kappa shape index (κ2) is 7.47. The topological polar surface area (TPSA) is 87.0 Å². The fourth-order valence-electron chi connectivity index (χ4n) is 2.89. The summed E-state index contributed by atoms with van der Waals surface area (Å²) in [5, 5.41) is 29.5. The number of ether oxygens (including phenoxy) is 1. The van der Waals surface area contributed by atoms with Gasteiger partial charge in [0.1, 0.15) is 5.76 Å². The van der Waals surface area contributed by atoms with E-state index in [9.17, 15) is 20.1 Å². The molecule has 0 aromatic carbocycles. The van der Waals surface area contributed by atoms with Crippen LogP contribution in [0.1, 0.15) is 27.2 Å². The van der Waals surface area contributed by atoms with E-state index in [1.165, 1.54) is 13.0 Å². The van der Waals surface area contributed by atoms with Gasteiger partial charge < -0.3 is 20.1 Å². The Hall–Kier alpha value is -1.69. The number of hydrogen-bond donors (Lipinski definition) is 3. The minimum Gasteiger partial charge on any atom is -0.493 e. The highest BCUT2D eigenvalue weighted by Gasteiger charge is 2.47. The first-order valence-corrected chi connectivity index (χ1v) is 8.27. The Morgan fingerprint density at radius 3 is 2.83 bits per heavy atom. The highest BCUT2D eigenvalue weighted by molar-refractivity contribution is 5.99. The monoisotopic (exact) mass is 334 g/mol. The van der Waals surface area contributed by atoms with Crippen LogP contribution in [-0.2, 0) is 9.53 Å². The van der Waals surface area contributed by atoms with E-state index in [-0.39, 0.29) is 19.1 Å². The zero-order valence-electron chi connectivity index (χ0n) is 14.4. The molecule has 2 aliphatic rings. The van der Waals surface area contributed by atoms with E-state index in [1.807, 2.05) is 26.0 Å². The summed E-state index contributed by atoms with van der Waals surface area (Å²) in [4.78, 5) is 11.9. The fourth-order valence-corrected chi connectivity index (χ4v) is 2.89. The molecule has 0 aromatic rings. The predicted octanol–water partition coefficient (Wildman–Crippen LogP) is 1.66. The van der Waals surface area contributed by atoms with Gasteiger partial charge in [0.05, 0.1) is 12.7 Å². The first-order chi connectivity index (χ1) is 11.3. The van der Waals surface area contributed by atoms with Crippen molar-refractivity contribution in [2.24, 2.45) is 11.8 Å². The van der Waals surface area contributed by atoms with E-state index >= 15 is 0 Å². The molecule has 24 heavy (non-hydrogen) atoms. The molecule has 1 heterocycles. The average molecular weight is 334 g/mol. The van der Waals surface area contributed by atoms with Gasteiger partial charge in [0, 0.05) is 18.4 Å². The number of rotatable bonds is 5. The lowest BCUT2D eigenvalue weighted by Gasteiger charge is -2.39. The first-order valence-electron chi connectivity index (χ1n) is 8.27. The molecule has 2 rings (SSSR count). The van der Waals surface area contributed by atoms with Crippen molar-refractivity contribution in [3.05, 3.63) is 47.3 Å².